The molecule has 3 N–H and O–H groups in total. The monoisotopic (exact) mass is 342 g/mol. The van der Waals surface area contributed by atoms with E-state index in [0.29, 0.717) is 11.6 Å². The van der Waals surface area contributed by atoms with Crippen molar-refractivity contribution in [3.05, 3.63) is 15.9 Å². The molecule has 1 aliphatic rings. The first-order valence-corrected chi connectivity index (χ1v) is 8.03. The van der Waals surface area contributed by atoms with Gasteiger partial charge < -0.3 is 10.6 Å². The number of halogens is 1. The normalized spacial score (nSPS) is 21.3. The lowest BCUT2D eigenvalue weighted by Gasteiger charge is -2.37. The Balaban J connectivity index is 2.25. The highest BCUT2D eigenvalue weighted by molar-refractivity contribution is 9.10. The summed E-state index contributed by atoms with van der Waals surface area (Å²) in [6.07, 6.45) is 3.14. The van der Waals surface area contributed by atoms with Gasteiger partial charge in [0.15, 0.2) is 5.69 Å². The van der Waals surface area contributed by atoms with Gasteiger partial charge in [0.2, 0.25) is 0 Å². The maximum atomic E-state index is 12.7. The Morgan fingerprint density at radius 1 is 1.45 bits per heavy atom. The van der Waals surface area contributed by atoms with Gasteiger partial charge in [0.05, 0.1) is 10.2 Å². The zero-order valence-corrected chi connectivity index (χ0v) is 13.9. The minimum absolute atomic E-state index is 0.0125. The Morgan fingerprint density at radius 2 is 2.15 bits per heavy atom. The van der Waals surface area contributed by atoms with Crippen molar-refractivity contribution in [2.24, 2.45) is 5.73 Å². The Morgan fingerprint density at radius 3 is 2.70 bits per heavy atom. The quantitative estimate of drug-likeness (QED) is 0.886. The van der Waals surface area contributed by atoms with Crippen LogP contribution >= 0.6 is 15.9 Å². The summed E-state index contributed by atoms with van der Waals surface area (Å²) in [4.78, 5) is 14.6. The number of nitrogens with zero attached hydrogens (tertiary/aromatic N) is 2. The number of carbonyl (C=O) groups excluding carboxylic acids is 1. The van der Waals surface area contributed by atoms with Crippen LogP contribution in [-0.4, -0.2) is 39.6 Å². The van der Waals surface area contributed by atoms with Crippen LogP contribution in [0.3, 0.4) is 0 Å². The highest BCUT2D eigenvalue weighted by Crippen LogP contribution is 2.28. The number of amides is 1. The standard InChI is InChI=1S/C14H23BrN4O/c1-8(2)12-11(15)13(18-17-12)14(20)19-7-5-4-6-10(19)9(3)16/h8-10H,4-7,16H2,1-3H3,(H,17,18)/t9-,10+/m0/s1. The van der Waals surface area contributed by atoms with Gasteiger partial charge in [0.25, 0.3) is 5.91 Å². The van der Waals surface area contributed by atoms with Crippen molar-refractivity contribution in [1.29, 1.82) is 0 Å². The topological polar surface area (TPSA) is 75.0 Å². The van der Waals surface area contributed by atoms with E-state index in [0.717, 1.165) is 36.0 Å². The molecule has 1 saturated heterocycles. The smallest absolute Gasteiger partial charge is 0.275 e. The highest BCUT2D eigenvalue weighted by Gasteiger charge is 2.32. The van der Waals surface area contributed by atoms with Crippen molar-refractivity contribution < 1.29 is 4.79 Å². The Hall–Kier alpha value is -0.880. The number of nitrogens with one attached hydrogen (secondary N) is 1. The Kier molecular flexibility index (Phi) is 4.86. The molecule has 2 atom stereocenters. The maximum Gasteiger partial charge on any atom is 0.275 e. The van der Waals surface area contributed by atoms with Crippen LogP contribution in [0.15, 0.2) is 4.47 Å². The maximum absolute atomic E-state index is 12.7. The predicted octanol–water partition coefficient (Wildman–Crippen LogP) is 2.64. The summed E-state index contributed by atoms with van der Waals surface area (Å²) in [5.74, 6) is 0.269. The van der Waals surface area contributed by atoms with Gasteiger partial charge >= 0.3 is 0 Å². The Bertz CT molecular complexity index is 484. The molecule has 1 fully saturated rings. The van der Waals surface area contributed by atoms with E-state index in [9.17, 15) is 4.79 Å². The molecule has 1 aliphatic heterocycles. The van der Waals surface area contributed by atoms with Gasteiger partial charge in [-0.25, -0.2) is 0 Å². The van der Waals surface area contributed by atoms with E-state index in [4.69, 9.17) is 5.73 Å². The molecule has 0 bridgehead atoms. The molecule has 1 aromatic rings. The summed E-state index contributed by atoms with van der Waals surface area (Å²) in [6.45, 7) is 6.87. The number of carbonyl (C=O) groups is 1. The highest BCUT2D eigenvalue weighted by atomic mass is 79.9. The van der Waals surface area contributed by atoms with Crippen LogP contribution in [0.5, 0.6) is 0 Å². The summed E-state index contributed by atoms with van der Waals surface area (Å²) < 4.78 is 0.784. The SMILES string of the molecule is CC(C)c1[nH]nc(C(=O)N2CCCC[C@@H]2[C@H](C)N)c1Br. The second-order valence-electron chi connectivity index (χ2n) is 5.88. The Labute approximate surface area is 128 Å². The second kappa shape index (κ2) is 6.26. The fourth-order valence-corrected chi connectivity index (χ4v) is 3.56. The number of aromatic nitrogens is 2. The van der Waals surface area contributed by atoms with E-state index in [1.807, 2.05) is 11.8 Å². The molecule has 1 aromatic heterocycles. The summed E-state index contributed by atoms with van der Waals surface area (Å²) >= 11 is 3.50. The van der Waals surface area contributed by atoms with Crippen LogP contribution in [0, 0.1) is 0 Å². The first-order valence-electron chi connectivity index (χ1n) is 7.23. The van der Waals surface area contributed by atoms with E-state index >= 15 is 0 Å². The van der Waals surface area contributed by atoms with Crippen molar-refractivity contribution in [2.75, 3.05) is 6.54 Å². The van der Waals surface area contributed by atoms with E-state index < -0.39 is 0 Å². The number of aromatic amines is 1. The third-order valence-electron chi connectivity index (χ3n) is 3.93. The summed E-state index contributed by atoms with van der Waals surface area (Å²) in [5, 5.41) is 7.16. The minimum atomic E-state index is -0.0259. The fraction of sp³-hybridized carbons (Fsp3) is 0.714. The molecule has 1 amide bonds. The van der Waals surface area contributed by atoms with Crippen molar-refractivity contribution in [3.8, 4) is 0 Å². The number of H-pyrrole nitrogens is 1. The van der Waals surface area contributed by atoms with Crippen LogP contribution in [0.2, 0.25) is 0 Å². The van der Waals surface area contributed by atoms with Gasteiger partial charge in [-0.2, -0.15) is 5.10 Å². The van der Waals surface area contributed by atoms with Crippen LogP contribution in [0.1, 0.15) is 62.1 Å². The fourth-order valence-electron chi connectivity index (χ4n) is 2.76. The molecular weight excluding hydrogens is 320 g/mol. The molecular formula is C14H23BrN4O. The van der Waals surface area contributed by atoms with Gasteiger partial charge in [0.1, 0.15) is 0 Å². The third-order valence-corrected chi connectivity index (χ3v) is 4.73. The molecule has 0 unspecified atom stereocenters. The summed E-state index contributed by atoms with van der Waals surface area (Å²) in [6, 6.07) is 0.101. The third kappa shape index (κ3) is 2.91. The van der Waals surface area contributed by atoms with Crippen molar-refractivity contribution in [2.45, 2.75) is 58.0 Å². The number of piperidine rings is 1. The lowest BCUT2D eigenvalue weighted by atomic mass is 9.96. The molecule has 112 valence electrons. The lowest BCUT2D eigenvalue weighted by Crippen LogP contribution is -2.51. The molecule has 0 saturated carbocycles. The van der Waals surface area contributed by atoms with Gasteiger partial charge in [-0.15, -0.1) is 0 Å². The van der Waals surface area contributed by atoms with E-state index in [1.165, 1.54) is 0 Å². The molecule has 0 aliphatic carbocycles. The molecule has 20 heavy (non-hydrogen) atoms. The zero-order chi connectivity index (χ0) is 14.9. The van der Waals surface area contributed by atoms with E-state index in [-0.39, 0.29) is 18.0 Å². The number of likely N-dealkylation sites (tertiary alicyclic amines) is 1. The van der Waals surface area contributed by atoms with E-state index in [1.54, 1.807) is 0 Å². The summed E-state index contributed by atoms with van der Waals surface area (Å²) in [7, 11) is 0. The number of hydrogen-bond acceptors (Lipinski definition) is 3. The first-order chi connectivity index (χ1) is 9.43. The number of rotatable bonds is 3. The number of nitrogens with two attached hydrogens (primary N) is 1. The largest absolute Gasteiger partial charge is 0.333 e. The first kappa shape index (κ1) is 15.5. The molecule has 6 heteroatoms. The molecule has 5 nitrogen and oxygen atoms in total. The lowest BCUT2D eigenvalue weighted by molar-refractivity contribution is 0.0577. The van der Waals surface area contributed by atoms with Gasteiger partial charge in [0, 0.05) is 18.6 Å². The van der Waals surface area contributed by atoms with Crippen LogP contribution < -0.4 is 5.73 Å². The van der Waals surface area contributed by atoms with E-state index in [2.05, 4.69) is 40.0 Å². The van der Waals surface area contributed by atoms with Crippen molar-refractivity contribution >= 4 is 21.8 Å². The van der Waals surface area contributed by atoms with Crippen molar-refractivity contribution in [3.63, 3.8) is 0 Å². The minimum Gasteiger partial charge on any atom is -0.333 e. The molecule has 2 heterocycles. The average molecular weight is 343 g/mol. The second-order valence-corrected chi connectivity index (χ2v) is 6.67. The van der Waals surface area contributed by atoms with Gasteiger partial charge in [-0.05, 0) is 48.0 Å². The van der Waals surface area contributed by atoms with Crippen LogP contribution in [0.25, 0.3) is 0 Å². The predicted molar refractivity (Wildman–Crippen MR) is 82.7 cm³/mol. The summed E-state index contributed by atoms with van der Waals surface area (Å²) in [5.41, 5.74) is 7.47. The van der Waals surface area contributed by atoms with Crippen LogP contribution in [-0.2, 0) is 0 Å². The average Bonchev–Trinajstić information content (AvgIpc) is 2.79. The van der Waals surface area contributed by atoms with Crippen LogP contribution in [0.4, 0.5) is 0 Å². The zero-order valence-electron chi connectivity index (χ0n) is 12.3. The van der Waals surface area contributed by atoms with Gasteiger partial charge in [-0.3, -0.25) is 9.89 Å². The molecule has 0 radical (unpaired) electrons. The molecule has 0 aromatic carbocycles. The van der Waals surface area contributed by atoms with Gasteiger partial charge in [-0.1, -0.05) is 13.8 Å². The molecule has 2 rings (SSSR count). The van der Waals surface area contributed by atoms with Crippen molar-refractivity contribution in [1.82, 2.24) is 15.1 Å². The molecule has 0 spiro atoms. The number of hydrogen-bond donors (Lipinski definition) is 2.